The van der Waals surface area contributed by atoms with Crippen molar-refractivity contribution in [3.8, 4) is 0 Å². The third-order valence-electron chi connectivity index (χ3n) is 3.28. The Kier molecular flexibility index (Phi) is 3.18. The smallest absolute Gasteiger partial charge is 0.189 e. The van der Waals surface area contributed by atoms with Crippen LogP contribution in [-0.4, -0.2) is 10.8 Å². The normalized spacial score (nSPS) is 16.5. The van der Waals surface area contributed by atoms with E-state index in [9.17, 15) is 4.79 Å². The number of carbonyl (C=O) groups excluding carboxylic acids is 1. The van der Waals surface area contributed by atoms with Gasteiger partial charge >= 0.3 is 0 Å². The van der Waals surface area contributed by atoms with Crippen molar-refractivity contribution in [1.29, 1.82) is 0 Å². The Hall–Kier alpha value is -1.93. The summed E-state index contributed by atoms with van der Waals surface area (Å²) >= 11 is 5.95. The lowest BCUT2D eigenvalue weighted by atomic mass is 9.86. The first kappa shape index (κ1) is 12.1. The topological polar surface area (TPSA) is 30.0 Å². The summed E-state index contributed by atoms with van der Waals surface area (Å²) < 4.78 is 0. The van der Waals surface area contributed by atoms with E-state index in [4.69, 9.17) is 11.6 Å². The predicted molar refractivity (Wildman–Crippen MR) is 76.3 cm³/mol. The Labute approximate surface area is 116 Å². The molecule has 0 bridgehead atoms. The molecule has 0 spiro atoms. The van der Waals surface area contributed by atoms with Crippen LogP contribution in [0.25, 0.3) is 6.08 Å². The summed E-state index contributed by atoms with van der Waals surface area (Å²) in [5, 5.41) is 0.684. The Bertz CT molecular complexity index is 662. The van der Waals surface area contributed by atoms with Gasteiger partial charge in [0.2, 0.25) is 0 Å². The van der Waals surface area contributed by atoms with Crippen molar-refractivity contribution in [3.05, 3.63) is 70.0 Å². The molecule has 2 aromatic rings. The van der Waals surface area contributed by atoms with Gasteiger partial charge in [-0.3, -0.25) is 9.78 Å². The summed E-state index contributed by atoms with van der Waals surface area (Å²) in [5.41, 5.74) is 3.44. The first-order valence-electron chi connectivity index (χ1n) is 6.19. The number of aryl methyl sites for hydroxylation is 1. The van der Waals surface area contributed by atoms with Gasteiger partial charge in [0, 0.05) is 22.4 Å². The number of pyridine rings is 1. The largest absolute Gasteiger partial charge is 0.289 e. The van der Waals surface area contributed by atoms with Crippen molar-refractivity contribution in [1.82, 2.24) is 4.98 Å². The van der Waals surface area contributed by atoms with Crippen LogP contribution < -0.4 is 0 Å². The van der Waals surface area contributed by atoms with Gasteiger partial charge in [-0.1, -0.05) is 17.7 Å². The number of rotatable bonds is 1. The highest BCUT2D eigenvalue weighted by Gasteiger charge is 2.21. The van der Waals surface area contributed by atoms with E-state index in [1.54, 1.807) is 12.3 Å². The molecule has 0 fully saturated rings. The van der Waals surface area contributed by atoms with E-state index in [1.165, 1.54) is 0 Å². The van der Waals surface area contributed by atoms with Crippen molar-refractivity contribution in [2.45, 2.75) is 12.8 Å². The molecule has 94 valence electrons. The fraction of sp³-hybridized carbons (Fsp3) is 0.125. The van der Waals surface area contributed by atoms with Crippen molar-refractivity contribution in [2.24, 2.45) is 0 Å². The van der Waals surface area contributed by atoms with E-state index >= 15 is 0 Å². The van der Waals surface area contributed by atoms with Crippen LogP contribution in [0.15, 0.2) is 48.2 Å². The van der Waals surface area contributed by atoms with Crippen molar-refractivity contribution >= 4 is 23.5 Å². The molecule has 0 saturated heterocycles. The Morgan fingerprint density at radius 2 is 2.05 bits per heavy atom. The van der Waals surface area contributed by atoms with Crippen LogP contribution in [0.1, 0.15) is 28.0 Å². The first-order valence-corrected chi connectivity index (χ1v) is 6.56. The molecule has 1 heterocycles. The molecular weight excluding hydrogens is 258 g/mol. The second kappa shape index (κ2) is 4.98. The van der Waals surface area contributed by atoms with Crippen LogP contribution in [0.3, 0.4) is 0 Å². The van der Waals surface area contributed by atoms with Crippen LogP contribution in [0.4, 0.5) is 0 Å². The van der Waals surface area contributed by atoms with E-state index in [0.29, 0.717) is 5.02 Å². The lowest BCUT2D eigenvalue weighted by Crippen LogP contribution is -2.14. The minimum Gasteiger partial charge on any atom is -0.289 e. The van der Waals surface area contributed by atoms with Crippen molar-refractivity contribution < 1.29 is 4.79 Å². The molecule has 1 aromatic heterocycles. The Morgan fingerprint density at radius 1 is 1.16 bits per heavy atom. The van der Waals surface area contributed by atoms with Crippen LogP contribution in [0.5, 0.6) is 0 Å². The van der Waals surface area contributed by atoms with Gasteiger partial charge < -0.3 is 0 Å². The van der Waals surface area contributed by atoms with E-state index < -0.39 is 0 Å². The van der Waals surface area contributed by atoms with Crippen molar-refractivity contribution in [2.75, 3.05) is 0 Å². The molecule has 2 nitrogen and oxygen atoms in total. The molecule has 0 saturated carbocycles. The number of hydrogen-bond donors (Lipinski definition) is 0. The fourth-order valence-corrected chi connectivity index (χ4v) is 2.52. The predicted octanol–water partition coefficient (Wildman–Crippen LogP) is 3.95. The zero-order valence-corrected chi connectivity index (χ0v) is 11.0. The van der Waals surface area contributed by atoms with Gasteiger partial charge in [0.25, 0.3) is 0 Å². The molecule has 0 atom stereocenters. The van der Waals surface area contributed by atoms with Crippen LogP contribution in [0, 0.1) is 0 Å². The standard InChI is InChI=1S/C16H12ClNO/c17-13-6-7-15-11(9-13)4-5-12(16(15)19)10-14-3-1-2-8-18-14/h1-3,6-10H,4-5H2/b12-10+. The molecule has 0 radical (unpaired) electrons. The second-order valence-corrected chi connectivity index (χ2v) is 4.99. The lowest BCUT2D eigenvalue weighted by molar-refractivity contribution is 0.102. The maximum absolute atomic E-state index is 12.4. The first-order chi connectivity index (χ1) is 9.24. The Balaban J connectivity index is 1.98. The van der Waals surface area contributed by atoms with Crippen LogP contribution in [0.2, 0.25) is 5.02 Å². The average molecular weight is 270 g/mol. The molecule has 0 unspecified atom stereocenters. The zero-order chi connectivity index (χ0) is 13.2. The number of hydrogen-bond acceptors (Lipinski definition) is 2. The SMILES string of the molecule is O=C1/C(=C/c2ccccn2)CCc2cc(Cl)ccc21. The van der Waals surface area contributed by atoms with E-state index in [2.05, 4.69) is 4.98 Å². The van der Waals surface area contributed by atoms with Gasteiger partial charge in [-0.2, -0.15) is 0 Å². The molecular formula is C16H12ClNO. The summed E-state index contributed by atoms with van der Waals surface area (Å²) in [4.78, 5) is 16.6. The quantitative estimate of drug-likeness (QED) is 0.734. The zero-order valence-electron chi connectivity index (χ0n) is 10.3. The minimum absolute atomic E-state index is 0.0866. The van der Waals surface area contributed by atoms with Gasteiger partial charge in [-0.25, -0.2) is 0 Å². The van der Waals surface area contributed by atoms with Gasteiger partial charge in [0.1, 0.15) is 0 Å². The molecule has 1 aliphatic carbocycles. The van der Waals surface area contributed by atoms with Crippen molar-refractivity contribution in [3.63, 3.8) is 0 Å². The summed E-state index contributed by atoms with van der Waals surface area (Å²) in [5.74, 6) is 0.0866. The Morgan fingerprint density at radius 3 is 2.84 bits per heavy atom. The third kappa shape index (κ3) is 2.45. The molecule has 1 aromatic carbocycles. The molecule has 3 rings (SSSR count). The number of Topliss-reactive ketones (excluding diaryl/α,β-unsaturated/α-hetero) is 1. The summed E-state index contributed by atoms with van der Waals surface area (Å²) in [6.07, 6.45) is 5.19. The van der Waals surface area contributed by atoms with Crippen LogP contribution in [-0.2, 0) is 6.42 Å². The number of ketones is 1. The number of aromatic nitrogens is 1. The number of carbonyl (C=O) groups is 1. The number of benzene rings is 1. The molecule has 3 heteroatoms. The van der Waals surface area contributed by atoms with Gasteiger partial charge in [0.15, 0.2) is 5.78 Å². The minimum atomic E-state index is 0.0866. The van der Waals surface area contributed by atoms with Gasteiger partial charge in [0.05, 0.1) is 5.69 Å². The monoisotopic (exact) mass is 269 g/mol. The molecule has 1 aliphatic rings. The molecule has 0 amide bonds. The number of fused-ring (bicyclic) bond motifs is 1. The number of allylic oxidation sites excluding steroid dienone is 1. The number of nitrogens with zero attached hydrogens (tertiary/aromatic N) is 1. The van der Waals surface area contributed by atoms with E-state index in [1.807, 2.05) is 36.4 Å². The highest BCUT2D eigenvalue weighted by atomic mass is 35.5. The van der Waals surface area contributed by atoms with Crippen LogP contribution >= 0.6 is 11.6 Å². The van der Waals surface area contributed by atoms with E-state index in [-0.39, 0.29) is 5.78 Å². The number of halogens is 1. The average Bonchev–Trinajstić information content (AvgIpc) is 2.43. The van der Waals surface area contributed by atoms with Gasteiger partial charge in [-0.15, -0.1) is 0 Å². The molecule has 19 heavy (non-hydrogen) atoms. The lowest BCUT2D eigenvalue weighted by Gasteiger charge is -2.17. The highest BCUT2D eigenvalue weighted by Crippen LogP contribution is 2.28. The maximum atomic E-state index is 12.4. The summed E-state index contributed by atoms with van der Waals surface area (Å²) in [6, 6.07) is 11.1. The highest BCUT2D eigenvalue weighted by molar-refractivity contribution is 6.31. The third-order valence-corrected chi connectivity index (χ3v) is 3.51. The summed E-state index contributed by atoms with van der Waals surface area (Å²) in [7, 11) is 0. The molecule has 0 N–H and O–H groups in total. The second-order valence-electron chi connectivity index (χ2n) is 4.55. The fourth-order valence-electron chi connectivity index (χ4n) is 2.32. The molecule has 0 aliphatic heterocycles. The van der Waals surface area contributed by atoms with E-state index in [0.717, 1.165) is 35.2 Å². The maximum Gasteiger partial charge on any atom is 0.189 e. The van der Waals surface area contributed by atoms with Gasteiger partial charge in [-0.05, 0) is 54.8 Å². The summed E-state index contributed by atoms with van der Waals surface area (Å²) in [6.45, 7) is 0.